The van der Waals surface area contributed by atoms with Crippen LogP contribution in [0.5, 0.6) is 0 Å². The first kappa shape index (κ1) is 24.3. The van der Waals surface area contributed by atoms with Crippen molar-refractivity contribution in [2.45, 2.75) is 32.7 Å². The number of aryl methyl sites for hydroxylation is 4. The smallest absolute Gasteiger partial charge is 0.337 e. The lowest BCUT2D eigenvalue weighted by Gasteiger charge is -2.32. The van der Waals surface area contributed by atoms with Crippen molar-refractivity contribution in [2.75, 3.05) is 20.3 Å². The average Bonchev–Trinajstić information content (AvgIpc) is 3.55. The number of esters is 1. The minimum atomic E-state index is -0.368. The van der Waals surface area contributed by atoms with E-state index in [1.807, 2.05) is 51.0 Å². The van der Waals surface area contributed by atoms with E-state index in [1.165, 1.54) is 7.11 Å². The Morgan fingerprint density at radius 1 is 1.08 bits per heavy atom. The van der Waals surface area contributed by atoms with Gasteiger partial charge in [-0.1, -0.05) is 5.21 Å². The highest BCUT2D eigenvalue weighted by atomic mass is 16.5. The zero-order valence-corrected chi connectivity index (χ0v) is 22.3. The summed E-state index contributed by atoms with van der Waals surface area (Å²) in [5.74, 6) is -0.0594. The van der Waals surface area contributed by atoms with Gasteiger partial charge in [-0.2, -0.15) is 5.10 Å². The van der Waals surface area contributed by atoms with Crippen LogP contribution in [0.25, 0.3) is 33.2 Å². The van der Waals surface area contributed by atoms with Crippen LogP contribution < -0.4 is 0 Å². The standard InChI is InChI=1S/C28H31N7O3/c1-16-12-24(33(3)31-16)27(18-8-10-38-11-9-18)35-22-13-19(28(36)37-5)6-7-21(22)25-23(35)14-20(15-29-25)26-17(2)30-32-34(26)4/h6-7,12-15,18,27H,8-11H2,1-5H3. The van der Waals surface area contributed by atoms with Gasteiger partial charge >= 0.3 is 5.97 Å². The molecular weight excluding hydrogens is 482 g/mol. The van der Waals surface area contributed by atoms with Crippen LogP contribution >= 0.6 is 0 Å². The third-order valence-corrected chi connectivity index (χ3v) is 7.66. The fourth-order valence-corrected chi connectivity index (χ4v) is 5.96. The van der Waals surface area contributed by atoms with Gasteiger partial charge in [-0.3, -0.25) is 9.67 Å². The molecule has 10 heteroatoms. The molecule has 0 aliphatic carbocycles. The molecule has 6 rings (SSSR count). The number of ether oxygens (including phenoxy) is 2. The molecule has 4 aromatic heterocycles. The van der Waals surface area contributed by atoms with E-state index in [0.29, 0.717) is 24.7 Å². The molecule has 1 saturated heterocycles. The van der Waals surface area contributed by atoms with E-state index in [1.54, 1.807) is 10.7 Å². The monoisotopic (exact) mass is 513 g/mol. The van der Waals surface area contributed by atoms with Crippen LogP contribution in [0.3, 0.4) is 0 Å². The molecule has 1 aliphatic rings. The second kappa shape index (κ2) is 9.36. The van der Waals surface area contributed by atoms with E-state index in [4.69, 9.17) is 19.6 Å². The average molecular weight is 514 g/mol. The zero-order valence-electron chi connectivity index (χ0n) is 22.3. The molecule has 0 bridgehead atoms. The van der Waals surface area contributed by atoms with Crippen molar-refractivity contribution >= 4 is 27.9 Å². The number of aromatic nitrogens is 7. The number of rotatable bonds is 5. The van der Waals surface area contributed by atoms with Crippen molar-refractivity contribution in [2.24, 2.45) is 20.0 Å². The largest absolute Gasteiger partial charge is 0.465 e. The first-order chi connectivity index (χ1) is 18.4. The van der Waals surface area contributed by atoms with Crippen molar-refractivity contribution in [1.29, 1.82) is 0 Å². The molecule has 0 amide bonds. The predicted molar refractivity (Wildman–Crippen MR) is 143 cm³/mol. The molecule has 1 aromatic carbocycles. The lowest BCUT2D eigenvalue weighted by molar-refractivity contribution is 0.0543. The molecule has 0 radical (unpaired) electrons. The maximum atomic E-state index is 12.6. The Kier molecular flexibility index (Phi) is 5.98. The highest BCUT2D eigenvalue weighted by molar-refractivity contribution is 6.08. The minimum Gasteiger partial charge on any atom is -0.465 e. The lowest BCUT2D eigenvalue weighted by Crippen LogP contribution is -2.28. The lowest BCUT2D eigenvalue weighted by atomic mass is 9.89. The maximum absolute atomic E-state index is 12.6. The normalized spacial score (nSPS) is 15.4. The summed E-state index contributed by atoms with van der Waals surface area (Å²) < 4.78 is 16.9. The molecule has 1 fully saturated rings. The molecule has 0 saturated carbocycles. The van der Waals surface area contributed by atoms with Crippen molar-refractivity contribution in [3.05, 3.63) is 59.2 Å². The molecule has 10 nitrogen and oxygen atoms in total. The Bertz CT molecular complexity index is 1650. The Balaban J connectivity index is 1.70. The van der Waals surface area contributed by atoms with Gasteiger partial charge in [-0.05, 0) is 62.9 Å². The molecule has 5 aromatic rings. The van der Waals surface area contributed by atoms with Crippen molar-refractivity contribution in [3.8, 4) is 11.3 Å². The number of fused-ring (bicyclic) bond motifs is 3. The summed E-state index contributed by atoms with van der Waals surface area (Å²) in [4.78, 5) is 17.5. The third kappa shape index (κ3) is 3.87. The van der Waals surface area contributed by atoms with Gasteiger partial charge < -0.3 is 14.0 Å². The zero-order chi connectivity index (χ0) is 26.6. The van der Waals surface area contributed by atoms with Crippen molar-refractivity contribution < 1.29 is 14.3 Å². The highest BCUT2D eigenvalue weighted by Gasteiger charge is 2.32. The third-order valence-electron chi connectivity index (χ3n) is 7.66. The van der Waals surface area contributed by atoms with Crippen molar-refractivity contribution in [3.63, 3.8) is 0 Å². The topological polar surface area (TPSA) is 102 Å². The number of carbonyl (C=O) groups is 1. The number of hydrogen-bond acceptors (Lipinski definition) is 7. The number of hydrogen-bond donors (Lipinski definition) is 0. The van der Waals surface area contributed by atoms with Gasteiger partial charge in [0.1, 0.15) is 0 Å². The second-order valence-electron chi connectivity index (χ2n) is 10.1. The molecular formula is C28H31N7O3. The van der Waals surface area contributed by atoms with Gasteiger partial charge in [0, 0.05) is 44.5 Å². The summed E-state index contributed by atoms with van der Waals surface area (Å²) in [5, 5.41) is 14.1. The molecule has 1 atom stereocenters. The first-order valence-corrected chi connectivity index (χ1v) is 12.8. The fourth-order valence-electron chi connectivity index (χ4n) is 5.96. The van der Waals surface area contributed by atoms with E-state index in [9.17, 15) is 4.79 Å². The van der Waals surface area contributed by atoms with Gasteiger partial charge in [0.05, 0.1) is 58.0 Å². The molecule has 1 aliphatic heterocycles. The van der Waals surface area contributed by atoms with Gasteiger partial charge in [-0.25, -0.2) is 9.48 Å². The van der Waals surface area contributed by atoms with E-state index < -0.39 is 0 Å². The summed E-state index contributed by atoms with van der Waals surface area (Å²) in [5.41, 5.74) is 8.07. The van der Waals surface area contributed by atoms with Gasteiger partial charge in [-0.15, -0.1) is 5.10 Å². The van der Waals surface area contributed by atoms with E-state index in [2.05, 4.69) is 27.0 Å². The van der Waals surface area contributed by atoms with E-state index in [0.717, 1.165) is 63.1 Å². The predicted octanol–water partition coefficient (Wildman–Crippen LogP) is 4.14. The summed E-state index contributed by atoms with van der Waals surface area (Å²) in [7, 11) is 5.29. The Hall–Kier alpha value is -4.05. The van der Waals surface area contributed by atoms with Gasteiger partial charge in [0.25, 0.3) is 0 Å². The van der Waals surface area contributed by atoms with Crippen LogP contribution in [0, 0.1) is 19.8 Å². The molecule has 5 heterocycles. The summed E-state index contributed by atoms with van der Waals surface area (Å²) in [6.07, 6.45) is 3.72. The number of carbonyl (C=O) groups excluding carboxylic acids is 1. The van der Waals surface area contributed by atoms with Crippen LogP contribution in [0.2, 0.25) is 0 Å². The number of methoxy groups -OCH3 is 1. The van der Waals surface area contributed by atoms with Crippen LogP contribution in [-0.2, 0) is 23.6 Å². The van der Waals surface area contributed by atoms with Crippen LogP contribution in [-0.4, -0.2) is 60.6 Å². The van der Waals surface area contributed by atoms with Crippen LogP contribution in [0.15, 0.2) is 36.5 Å². The number of nitrogens with zero attached hydrogens (tertiary/aromatic N) is 7. The van der Waals surface area contributed by atoms with Gasteiger partial charge in [0.15, 0.2) is 0 Å². The molecule has 0 N–H and O–H groups in total. The minimum absolute atomic E-state index is 0.0409. The Labute approximate surface area is 220 Å². The van der Waals surface area contributed by atoms with Gasteiger partial charge in [0.2, 0.25) is 0 Å². The van der Waals surface area contributed by atoms with Crippen LogP contribution in [0.4, 0.5) is 0 Å². The molecule has 38 heavy (non-hydrogen) atoms. The summed E-state index contributed by atoms with van der Waals surface area (Å²) in [6, 6.07) is 9.99. The first-order valence-electron chi connectivity index (χ1n) is 12.8. The SMILES string of the molecule is COC(=O)c1ccc2c3ncc(-c4c(C)nnn4C)cc3n(C(c3cc(C)nn3C)C3CCOCC3)c2c1. The highest BCUT2D eigenvalue weighted by Crippen LogP contribution is 2.41. The molecule has 0 spiro atoms. The molecule has 196 valence electrons. The fraction of sp³-hybridized carbons (Fsp3) is 0.393. The van der Waals surface area contributed by atoms with E-state index in [-0.39, 0.29) is 12.0 Å². The Morgan fingerprint density at radius 3 is 2.53 bits per heavy atom. The summed E-state index contributed by atoms with van der Waals surface area (Å²) in [6.45, 7) is 5.40. The molecule has 1 unspecified atom stereocenters. The Morgan fingerprint density at radius 2 is 1.87 bits per heavy atom. The maximum Gasteiger partial charge on any atom is 0.337 e. The number of pyridine rings is 1. The summed E-state index contributed by atoms with van der Waals surface area (Å²) >= 11 is 0. The van der Waals surface area contributed by atoms with Crippen LogP contribution in [0.1, 0.15) is 46.3 Å². The quantitative estimate of drug-likeness (QED) is 0.326. The van der Waals surface area contributed by atoms with E-state index >= 15 is 0 Å². The number of benzene rings is 1. The second-order valence-corrected chi connectivity index (χ2v) is 10.1. The van der Waals surface area contributed by atoms with Crippen molar-refractivity contribution in [1.82, 2.24) is 34.3 Å².